The van der Waals surface area contributed by atoms with Crippen LogP contribution in [0.1, 0.15) is 12.8 Å². The number of H-pyrrole nitrogens is 2. The molecule has 7 heterocycles. The lowest BCUT2D eigenvalue weighted by atomic mass is 10.1. The van der Waals surface area contributed by atoms with Gasteiger partial charge in [0.2, 0.25) is 0 Å². The highest BCUT2D eigenvalue weighted by atomic mass is 16.5. The monoisotopic (exact) mass is 503 g/mol. The van der Waals surface area contributed by atoms with Gasteiger partial charge in [-0.2, -0.15) is 5.10 Å². The van der Waals surface area contributed by atoms with Crippen molar-refractivity contribution in [3.63, 3.8) is 0 Å². The first kappa shape index (κ1) is 22.5. The van der Waals surface area contributed by atoms with Crippen LogP contribution in [0.2, 0.25) is 0 Å². The van der Waals surface area contributed by atoms with Crippen molar-refractivity contribution in [1.82, 2.24) is 45.0 Å². The van der Waals surface area contributed by atoms with E-state index < -0.39 is 0 Å². The average molecular weight is 504 g/mol. The number of aromatic nitrogens is 8. The van der Waals surface area contributed by atoms with Gasteiger partial charge in [-0.25, -0.2) is 4.98 Å². The number of nitrogens with zero attached hydrogens (tertiary/aromatic N) is 7. The number of ether oxygens (including phenoxy) is 1. The van der Waals surface area contributed by atoms with E-state index in [1.54, 1.807) is 31.0 Å². The topological polar surface area (TPSA) is 121 Å². The largest absolute Gasteiger partial charge is 0.491 e. The van der Waals surface area contributed by atoms with Crippen molar-refractivity contribution in [3.05, 3.63) is 67.4 Å². The van der Waals surface area contributed by atoms with E-state index in [0.717, 1.165) is 70.0 Å². The number of rotatable bonds is 7. The third-order valence-electron chi connectivity index (χ3n) is 6.86. The number of fused-ring (bicyclic) bond motifs is 2. The Labute approximate surface area is 218 Å². The fourth-order valence-corrected chi connectivity index (χ4v) is 4.93. The van der Waals surface area contributed by atoms with Crippen LogP contribution in [-0.4, -0.2) is 71.2 Å². The average Bonchev–Trinajstić information content (AvgIpc) is 3.73. The molecule has 0 aromatic carbocycles. The number of hydrogen-bond acceptors (Lipinski definition) is 8. The summed E-state index contributed by atoms with van der Waals surface area (Å²) in [5.41, 5.74) is 6.29. The van der Waals surface area contributed by atoms with Gasteiger partial charge in [-0.1, -0.05) is 6.07 Å². The van der Waals surface area contributed by atoms with Crippen LogP contribution < -0.4 is 4.74 Å². The second-order valence-corrected chi connectivity index (χ2v) is 9.35. The SMILES string of the molecule is c1ccc(-c2nccc3[nH]c(-c4n[nH]c5cnc(-c6cncc(OCCN7CCCC7)c6)cc45)nc23)nc1. The van der Waals surface area contributed by atoms with E-state index in [4.69, 9.17) is 9.72 Å². The highest BCUT2D eigenvalue weighted by Crippen LogP contribution is 2.31. The van der Waals surface area contributed by atoms with E-state index in [2.05, 4.69) is 40.0 Å². The highest BCUT2D eigenvalue weighted by Gasteiger charge is 2.17. The maximum atomic E-state index is 6.00. The molecule has 38 heavy (non-hydrogen) atoms. The van der Waals surface area contributed by atoms with E-state index in [1.165, 1.54) is 12.8 Å². The first-order chi connectivity index (χ1) is 18.8. The zero-order valence-corrected chi connectivity index (χ0v) is 20.6. The van der Waals surface area contributed by atoms with Crippen LogP contribution >= 0.6 is 0 Å². The summed E-state index contributed by atoms with van der Waals surface area (Å²) in [5, 5.41) is 8.53. The first-order valence-corrected chi connectivity index (χ1v) is 12.7. The molecule has 0 atom stereocenters. The van der Waals surface area contributed by atoms with Gasteiger partial charge in [-0.15, -0.1) is 0 Å². The van der Waals surface area contributed by atoms with Crippen molar-refractivity contribution in [2.24, 2.45) is 0 Å². The van der Waals surface area contributed by atoms with Crippen LogP contribution in [0.15, 0.2) is 67.4 Å². The van der Waals surface area contributed by atoms with E-state index in [0.29, 0.717) is 18.1 Å². The van der Waals surface area contributed by atoms with Crippen LogP contribution in [0.5, 0.6) is 5.75 Å². The zero-order valence-electron chi connectivity index (χ0n) is 20.6. The molecule has 0 unspecified atom stereocenters. The van der Waals surface area contributed by atoms with Crippen molar-refractivity contribution in [2.45, 2.75) is 12.8 Å². The minimum Gasteiger partial charge on any atom is -0.491 e. The molecular formula is C28H25N9O. The molecule has 0 amide bonds. The summed E-state index contributed by atoms with van der Waals surface area (Å²) in [5.74, 6) is 1.38. The van der Waals surface area contributed by atoms with Crippen LogP contribution in [0.25, 0.3) is 56.1 Å². The molecule has 0 radical (unpaired) electrons. The maximum Gasteiger partial charge on any atom is 0.159 e. The minimum atomic E-state index is 0.644. The van der Waals surface area contributed by atoms with Gasteiger partial charge < -0.3 is 9.72 Å². The summed E-state index contributed by atoms with van der Waals surface area (Å²) in [6, 6.07) is 11.6. The van der Waals surface area contributed by atoms with Crippen LogP contribution in [0.3, 0.4) is 0 Å². The summed E-state index contributed by atoms with van der Waals surface area (Å²) >= 11 is 0. The maximum absolute atomic E-state index is 6.00. The number of imidazole rings is 1. The fraction of sp³-hybridized carbons (Fsp3) is 0.214. The fourth-order valence-electron chi connectivity index (χ4n) is 4.93. The van der Waals surface area contributed by atoms with Gasteiger partial charge in [-0.05, 0) is 56.3 Å². The van der Waals surface area contributed by atoms with Gasteiger partial charge >= 0.3 is 0 Å². The number of hydrogen-bond donors (Lipinski definition) is 2. The van der Waals surface area contributed by atoms with Crippen molar-refractivity contribution < 1.29 is 4.74 Å². The lowest BCUT2D eigenvalue weighted by Crippen LogP contribution is -2.25. The second kappa shape index (κ2) is 9.64. The van der Waals surface area contributed by atoms with Crippen LogP contribution in [0, 0.1) is 0 Å². The summed E-state index contributed by atoms with van der Waals surface area (Å²) in [6.45, 7) is 3.89. The Kier molecular flexibility index (Phi) is 5.71. The van der Waals surface area contributed by atoms with Crippen molar-refractivity contribution in [3.8, 4) is 39.9 Å². The standard InChI is InChI=1S/C28H25N9O/c1-2-7-30-21(5-1)26-27-22(6-8-31-26)33-28(34-27)25-20-14-23(32-17-24(20)35-36-25)18-13-19(16-29-15-18)38-12-11-37-9-3-4-10-37/h1-2,5-8,13-17H,3-4,9-12H2,(H,33,34)(H,35,36). The molecule has 6 aromatic heterocycles. The minimum absolute atomic E-state index is 0.644. The molecule has 0 bridgehead atoms. The van der Waals surface area contributed by atoms with E-state index in [9.17, 15) is 0 Å². The Morgan fingerprint density at radius 1 is 0.868 bits per heavy atom. The van der Waals surface area contributed by atoms with Gasteiger partial charge in [0.1, 0.15) is 29.3 Å². The molecule has 6 aromatic rings. The summed E-state index contributed by atoms with van der Waals surface area (Å²) in [4.78, 5) is 28.7. The lowest BCUT2D eigenvalue weighted by molar-refractivity contribution is 0.237. The zero-order chi connectivity index (χ0) is 25.3. The molecule has 1 saturated heterocycles. The number of likely N-dealkylation sites (tertiary alicyclic amines) is 1. The molecule has 10 heteroatoms. The number of pyridine rings is 4. The Balaban J connectivity index is 1.20. The van der Waals surface area contributed by atoms with Crippen molar-refractivity contribution >= 4 is 21.9 Å². The predicted octanol–water partition coefficient (Wildman–Crippen LogP) is 4.49. The van der Waals surface area contributed by atoms with E-state index in [-0.39, 0.29) is 0 Å². The van der Waals surface area contributed by atoms with Gasteiger partial charge in [0.05, 0.1) is 34.8 Å². The molecular weight excluding hydrogens is 478 g/mol. The third kappa shape index (κ3) is 4.24. The molecule has 7 rings (SSSR count). The van der Waals surface area contributed by atoms with Gasteiger partial charge in [0.25, 0.3) is 0 Å². The normalized spacial score (nSPS) is 14.0. The summed E-state index contributed by atoms with van der Waals surface area (Å²) in [7, 11) is 0. The quantitative estimate of drug-likeness (QED) is 0.327. The molecule has 0 spiro atoms. The summed E-state index contributed by atoms with van der Waals surface area (Å²) in [6.07, 6.45) is 11.4. The van der Waals surface area contributed by atoms with Crippen molar-refractivity contribution in [2.75, 3.05) is 26.2 Å². The van der Waals surface area contributed by atoms with Gasteiger partial charge in [0, 0.05) is 36.1 Å². The molecule has 0 aliphatic carbocycles. The number of nitrogens with one attached hydrogen (secondary N) is 2. The van der Waals surface area contributed by atoms with Crippen LogP contribution in [-0.2, 0) is 0 Å². The third-order valence-corrected chi connectivity index (χ3v) is 6.86. The summed E-state index contributed by atoms with van der Waals surface area (Å²) < 4.78 is 6.00. The Bertz CT molecular complexity index is 1720. The van der Waals surface area contributed by atoms with E-state index in [1.807, 2.05) is 36.4 Å². The first-order valence-electron chi connectivity index (χ1n) is 12.7. The molecule has 1 aliphatic rings. The van der Waals surface area contributed by atoms with Crippen LogP contribution in [0.4, 0.5) is 0 Å². The number of aromatic amines is 2. The molecule has 188 valence electrons. The Hall–Kier alpha value is -4.70. The molecule has 10 nitrogen and oxygen atoms in total. The smallest absolute Gasteiger partial charge is 0.159 e. The molecule has 0 saturated carbocycles. The van der Waals surface area contributed by atoms with Gasteiger partial charge in [0.15, 0.2) is 5.82 Å². The second-order valence-electron chi connectivity index (χ2n) is 9.35. The molecule has 2 N–H and O–H groups in total. The molecule has 1 aliphatic heterocycles. The Morgan fingerprint density at radius 2 is 1.82 bits per heavy atom. The predicted molar refractivity (Wildman–Crippen MR) is 144 cm³/mol. The van der Waals surface area contributed by atoms with Crippen molar-refractivity contribution in [1.29, 1.82) is 0 Å². The lowest BCUT2D eigenvalue weighted by Gasteiger charge is -2.15. The Morgan fingerprint density at radius 3 is 2.71 bits per heavy atom. The molecule has 1 fully saturated rings. The van der Waals surface area contributed by atoms with Gasteiger partial charge in [-0.3, -0.25) is 29.9 Å². The highest BCUT2D eigenvalue weighted by molar-refractivity contribution is 5.96. The van der Waals surface area contributed by atoms with E-state index >= 15 is 0 Å².